The third-order valence-corrected chi connectivity index (χ3v) is 5.69. The number of para-hydroxylation sites is 1. The average Bonchev–Trinajstić information content (AvgIpc) is 3.38. The van der Waals surface area contributed by atoms with Crippen LogP contribution in [0.25, 0.3) is 22.6 Å². The lowest BCUT2D eigenvalue weighted by Crippen LogP contribution is -2.10. The number of aryl methyl sites for hydroxylation is 1. The van der Waals surface area contributed by atoms with E-state index in [1.165, 1.54) is 6.07 Å². The van der Waals surface area contributed by atoms with E-state index >= 15 is 0 Å². The predicted molar refractivity (Wildman–Crippen MR) is 117 cm³/mol. The lowest BCUT2D eigenvalue weighted by molar-refractivity contribution is 0.0438. The van der Waals surface area contributed by atoms with Crippen molar-refractivity contribution < 1.29 is 18.3 Å². The smallest absolute Gasteiger partial charge is 0.339 e. The van der Waals surface area contributed by atoms with Crippen LogP contribution in [0, 0.1) is 12.7 Å². The van der Waals surface area contributed by atoms with E-state index in [1.807, 2.05) is 24.3 Å². The summed E-state index contributed by atoms with van der Waals surface area (Å²) in [5, 5.41) is 8.62. The number of fused-ring (bicyclic) bond motifs is 2. The van der Waals surface area contributed by atoms with Crippen molar-refractivity contribution in [2.45, 2.75) is 26.4 Å². The van der Waals surface area contributed by atoms with Gasteiger partial charge in [-0.1, -0.05) is 35.9 Å². The van der Waals surface area contributed by atoms with E-state index < -0.39 is 11.8 Å². The van der Waals surface area contributed by atoms with Crippen molar-refractivity contribution in [1.82, 2.24) is 15.2 Å². The van der Waals surface area contributed by atoms with Crippen molar-refractivity contribution in [3.8, 4) is 0 Å². The van der Waals surface area contributed by atoms with Crippen LogP contribution in [0.4, 0.5) is 4.39 Å². The third-order valence-electron chi connectivity index (χ3n) is 5.36. The molecule has 0 N–H and O–H groups in total. The maximum Gasteiger partial charge on any atom is 0.339 e. The van der Waals surface area contributed by atoms with Crippen LogP contribution in [0.15, 0.2) is 46.9 Å². The number of esters is 1. The second kappa shape index (κ2) is 8.16. The standard InChI is InChI=1S/C24H17ClFN3O3/c1-13-28-29-21(32-13)12-31-24(30)22-15-5-2-3-8-20(15)27-23-14(9-10-16(22)23)11-17-18(25)6-4-7-19(17)26/h2-8,11H,9-10,12H2,1H3/b14-11+. The molecule has 2 aromatic carbocycles. The third kappa shape index (κ3) is 3.65. The number of carbonyl (C=O) groups is 1. The minimum absolute atomic E-state index is 0.126. The van der Waals surface area contributed by atoms with Gasteiger partial charge in [0.2, 0.25) is 5.89 Å². The summed E-state index contributed by atoms with van der Waals surface area (Å²) in [5.74, 6) is -0.289. The van der Waals surface area contributed by atoms with Crippen LogP contribution in [-0.2, 0) is 17.8 Å². The molecule has 0 amide bonds. The van der Waals surface area contributed by atoms with Gasteiger partial charge in [-0.3, -0.25) is 0 Å². The molecule has 4 aromatic rings. The van der Waals surface area contributed by atoms with Crippen molar-refractivity contribution in [2.75, 3.05) is 0 Å². The summed E-state index contributed by atoms with van der Waals surface area (Å²) < 4.78 is 25.1. The molecule has 2 aromatic heterocycles. The van der Waals surface area contributed by atoms with Crippen LogP contribution < -0.4 is 0 Å². The number of hydrogen-bond donors (Lipinski definition) is 0. The Morgan fingerprint density at radius 2 is 2.03 bits per heavy atom. The maximum absolute atomic E-state index is 14.4. The average molecular weight is 450 g/mol. The van der Waals surface area contributed by atoms with Crippen LogP contribution in [0.3, 0.4) is 0 Å². The molecule has 6 nitrogen and oxygen atoms in total. The van der Waals surface area contributed by atoms with Crippen LogP contribution in [0.1, 0.15) is 45.4 Å². The number of halogens is 2. The van der Waals surface area contributed by atoms with Gasteiger partial charge in [-0.2, -0.15) is 0 Å². The predicted octanol–water partition coefficient (Wildman–Crippen LogP) is 5.56. The molecule has 0 saturated heterocycles. The molecule has 1 aliphatic rings. The molecule has 8 heteroatoms. The number of hydrogen-bond acceptors (Lipinski definition) is 6. The van der Waals surface area contributed by atoms with Gasteiger partial charge in [0.15, 0.2) is 6.61 Å². The number of ether oxygens (including phenoxy) is 1. The minimum atomic E-state index is -0.499. The zero-order chi connectivity index (χ0) is 22.2. The summed E-state index contributed by atoms with van der Waals surface area (Å²) in [6.07, 6.45) is 2.89. The summed E-state index contributed by atoms with van der Waals surface area (Å²) in [7, 11) is 0. The molecule has 0 bridgehead atoms. The van der Waals surface area contributed by atoms with Gasteiger partial charge in [0.1, 0.15) is 5.82 Å². The lowest BCUT2D eigenvalue weighted by atomic mass is 10.0. The fourth-order valence-electron chi connectivity index (χ4n) is 3.93. The van der Waals surface area contributed by atoms with Gasteiger partial charge in [0.05, 0.1) is 21.8 Å². The number of benzene rings is 2. The Balaban J connectivity index is 1.59. The fourth-order valence-corrected chi connectivity index (χ4v) is 4.15. The molecular weight excluding hydrogens is 433 g/mol. The molecule has 0 saturated carbocycles. The fraction of sp³-hybridized carbons (Fsp3) is 0.167. The number of aromatic nitrogens is 3. The SMILES string of the molecule is Cc1nnc(COC(=O)c2c3c(nc4ccccc24)/C(=C/c2c(F)cccc2Cl)CC3)o1. The van der Waals surface area contributed by atoms with Crippen LogP contribution >= 0.6 is 11.6 Å². The quantitative estimate of drug-likeness (QED) is 0.379. The van der Waals surface area contributed by atoms with E-state index in [2.05, 4.69) is 10.2 Å². The first-order valence-electron chi connectivity index (χ1n) is 10.0. The van der Waals surface area contributed by atoms with Gasteiger partial charge in [0, 0.05) is 17.9 Å². The second-order valence-corrected chi connectivity index (χ2v) is 7.83. The monoisotopic (exact) mass is 449 g/mol. The summed E-state index contributed by atoms with van der Waals surface area (Å²) in [4.78, 5) is 17.9. The van der Waals surface area contributed by atoms with Crippen molar-refractivity contribution in [3.05, 3.63) is 87.5 Å². The Morgan fingerprint density at radius 3 is 2.81 bits per heavy atom. The van der Waals surface area contributed by atoms with Crippen LogP contribution in [-0.4, -0.2) is 21.2 Å². The van der Waals surface area contributed by atoms with Gasteiger partial charge in [-0.25, -0.2) is 14.2 Å². The topological polar surface area (TPSA) is 78.1 Å². The normalized spacial score (nSPS) is 14.2. The first-order chi connectivity index (χ1) is 15.5. The largest absolute Gasteiger partial charge is 0.452 e. The van der Waals surface area contributed by atoms with Crippen LogP contribution in [0.5, 0.6) is 0 Å². The minimum Gasteiger partial charge on any atom is -0.452 e. The van der Waals surface area contributed by atoms with Gasteiger partial charge >= 0.3 is 5.97 Å². The molecule has 32 heavy (non-hydrogen) atoms. The van der Waals surface area contributed by atoms with E-state index in [0.29, 0.717) is 51.5 Å². The Bertz CT molecular complexity index is 1380. The van der Waals surface area contributed by atoms with E-state index in [0.717, 1.165) is 11.1 Å². The van der Waals surface area contributed by atoms with Gasteiger partial charge in [0.25, 0.3) is 5.89 Å². The van der Waals surface area contributed by atoms with Crippen LogP contribution in [0.2, 0.25) is 5.02 Å². The zero-order valence-electron chi connectivity index (χ0n) is 17.1. The summed E-state index contributed by atoms with van der Waals surface area (Å²) in [6, 6.07) is 11.9. The van der Waals surface area contributed by atoms with E-state index in [1.54, 1.807) is 25.1 Å². The van der Waals surface area contributed by atoms with Crippen molar-refractivity contribution in [1.29, 1.82) is 0 Å². The molecule has 0 radical (unpaired) electrons. The highest BCUT2D eigenvalue weighted by Crippen LogP contribution is 2.38. The van der Waals surface area contributed by atoms with Crippen molar-refractivity contribution in [2.24, 2.45) is 0 Å². The van der Waals surface area contributed by atoms with Gasteiger partial charge in [-0.15, -0.1) is 10.2 Å². The highest BCUT2D eigenvalue weighted by molar-refractivity contribution is 6.32. The van der Waals surface area contributed by atoms with E-state index in [-0.39, 0.29) is 12.5 Å². The highest BCUT2D eigenvalue weighted by Gasteiger charge is 2.28. The summed E-state index contributed by atoms with van der Waals surface area (Å²) >= 11 is 6.21. The lowest BCUT2D eigenvalue weighted by Gasteiger charge is -2.12. The maximum atomic E-state index is 14.4. The van der Waals surface area contributed by atoms with E-state index in [4.69, 9.17) is 25.7 Å². The molecule has 0 atom stereocenters. The molecule has 1 aliphatic carbocycles. The Kier molecular flexibility index (Phi) is 5.19. The summed E-state index contributed by atoms with van der Waals surface area (Å²) in [5.41, 5.74) is 3.66. The molecule has 0 fully saturated rings. The summed E-state index contributed by atoms with van der Waals surface area (Å²) in [6.45, 7) is 1.54. The molecule has 0 aliphatic heterocycles. The number of nitrogens with zero attached hydrogens (tertiary/aromatic N) is 3. The number of carbonyl (C=O) groups excluding carboxylic acids is 1. The number of allylic oxidation sites excluding steroid dienone is 1. The zero-order valence-corrected chi connectivity index (χ0v) is 17.8. The van der Waals surface area contributed by atoms with E-state index in [9.17, 15) is 9.18 Å². The molecular formula is C24H17ClFN3O3. The second-order valence-electron chi connectivity index (χ2n) is 7.43. The van der Waals surface area contributed by atoms with Crippen molar-refractivity contribution >= 4 is 40.1 Å². The molecule has 0 unspecified atom stereocenters. The Labute approximate surface area is 187 Å². The van der Waals surface area contributed by atoms with Crippen molar-refractivity contribution in [3.63, 3.8) is 0 Å². The van der Waals surface area contributed by atoms with Gasteiger partial charge < -0.3 is 9.15 Å². The van der Waals surface area contributed by atoms with Gasteiger partial charge in [-0.05, 0) is 48.3 Å². The highest BCUT2D eigenvalue weighted by atomic mass is 35.5. The molecule has 160 valence electrons. The number of rotatable bonds is 4. The first kappa shape index (κ1) is 20.3. The molecule has 0 spiro atoms. The molecule has 2 heterocycles. The Morgan fingerprint density at radius 1 is 1.19 bits per heavy atom. The Hall–Kier alpha value is -3.58. The number of pyridine rings is 1. The molecule has 5 rings (SSSR count). The first-order valence-corrected chi connectivity index (χ1v) is 10.4.